The van der Waals surface area contributed by atoms with Gasteiger partial charge < -0.3 is 5.73 Å². The molecule has 1 unspecified atom stereocenters. The molecule has 0 bridgehead atoms. The number of benzene rings is 2. The Bertz CT molecular complexity index is 1130. The second-order valence-corrected chi connectivity index (χ2v) is 7.95. The topological polar surface area (TPSA) is 101 Å². The summed E-state index contributed by atoms with van der Waals surface area (Å²) in [6.07, 6.45) is -5.24. The number of nitrogen functional groups attached to an aromatic ring is 1. The summed E-state index contributed by atoms with van der Waals surface area (Å²) in [6.45, 7) is 2.79. The summed E-state index contributed by atoms with van der Waals surface area (Å²) in [5.41, 5.74) is 3.60. The number of hydrogen-bond donors (Lipinski definition) is 1. The van der Waals surface area contributed by atoms with Crippen LogP contribution in [-0.2, 0) is 19.2 Å². The molecule has 2 aliphatic heterocycles. The lowest BCUT2D eigenvalue weighted by Gasteiger charge is -2.28. The summed E-state index contributed by atoms with van der Waals surface area (Å²) in [4.78, 5) is 53.8. The number of carbonyl (C=O) groups is 4. The van der Waals surface area contributed by atoms with E-state index >= 15 is 0 Å². The maximum Gasteiger partial charge on any atom is 0.402 e. The first-order valence-electron chi connectivity index (χ1n) is 9.68. The third-order valence-electron chi connectivity index (χ3n) is 6.08. The monoisotopic (exact) mass is 445 g/mol. The van der Waals surface area contributed by atoms with Crippen molar-refractivity contribution in [2.24, 2.45) is 17.3 Å². The average molecular weight is 445 g/mol. The summed E-state index contributed by atoms with van der Waals surface area (Å²) in [5.74, 6) is -10.0. The summed E-state index contributed by atoms with van der Waals surface area (Å²) in [7, 11) is 0. The van der Waals surface area contributed by atoms with Gasteiger partial charge in [-0.3, -0.25) is 19.2 Å². The zero-order valence-corrected chi connectivity index (χ0v) is 17.0. The lowest BCUT2D eigenvalue weighted by atomic mass is 9.69. The van der Waals surface area contributed by atoms with Gasteiger partial charge in [-0.1, -0.05) is 24.6 Å². The molecule has 10 heteroatoms. The van der Waals surface area contributed by atoms with Crippen molar-refractivity contribution < 1.29 is 32.3 Å². The third-order valence-corrected chi connectivity index (χ3v) is 6.08. The molecule has 32 heavy (non-hydrogen) atoms. The lowest BCUT2D eigenvalue weighted by Crippen LogP contribution is -2.51. The van der Waals surface area contributed by atoms with E-state index in [1.54, 1.807) is 6.92 Å². The molecule has 0 saturated carbocycles. The number of aryl methyl sites for hydroxylation is 1. The van der Waals surface area contributed by atoms with Crippen molar-refractivity contribution in [1.82, 2.24) is 0 Å². The van der Waals surface area contributed by atoms with Crippen molar-refractivity contribution in [2.45, 2.75) is 20.0 Å². The number of anilines is 3. The SMILES string of the molecule is Cc1ccc(N2C(=O)[C@H](C(F)(F)F)[C@@]3(C(=O)N(c4ccc(N)cc4)C(=O)C3C)C2=O)cc1. The maximum absolute atomic E-state index is 14.2. The Morgan fingerprint density at radius 2 is 1.25 bits per heavy atom. The zero-order chi connectivity index (χ0) is 23.6. The standard InChI is InChI=1S/C22H18F3N3O4/c1-11-3-7-14(8-4-11)28-18(30)16(22(23,24)25)21(20(28)32)12(2)17(29)27(19(21)31)15-9-5-13(26)6-10-15/h3-10,12,16H,26H2,1-2H3/t12?,16-,21-/m0/s1. The number of carbonyl (C=O) groups excluding carboxylic acids is 4. The molecule has 2 saturated heterocycles. The van der Waals surface area contributed by atoms with Gasteiger partial charge in [-0.15, -0.1) is 0 Å². The van der Waals surface area contributed by atoms with Gasteiger partial charge >= 0.3 is 6.18 Å². The van der Waals surface area contributed by atoms with E-state index < -0.39 is 47.1 Å². The van der Waals surface area contributed by atoms with E-state index in [4.69, 9.17) is 5.73 Å². The van der Waals surface area contributed by atoms with Crippen LogP contribution in [0.15, 0.2) is 48.5 Å². The van der Waals surface area contributed by atoms with Crippen LogP contribution in [0.25, 0.3) is 0 Å². The van der Waals surface area contributed by atoms with Crippen molar-refractivity contribution in [3.63, 3.8) is 0 Å². The van der Waals surface area contributed by atoms with Gasteiger partial charge in [-0.2, -0.15) is 13.2 Å². The quantitative estimate of drug-likeness (QED) is 0.435. The van der Waals surface area contributed by atoms with Gasteiger partial charge in [-0.05, 0) is 43.3 Å². The van der Waals surface area contributed by atoms with Crippen LogP contribution in [0.1, 0.15) is 12.5 Å². The summed E-state index contributed by atoms with van der Waals surface area (Å²) < 4.78 is 42.6. The Kier molecular flexibility index (Phi) is 4.65. The molecule has 7 nitrogen and oxygen atoms in total. The molecular weight excluding hydrogens is 427 g/mol. The molecule has 4 rings (SSSR count). The largest absolute Gasteiger partial charge is 0.402 e. The van der Waals surface area contributed by atoms with Crippen LogP contribution in [0.5, 0.6) is 0 Å². The van der Waals surface area contributed by atoms with Crippen LogP contribution in [0.2, 0.25) is 0 Å². The number of alkyl halides is 3. The van der Waals surface area contributed by atoms with Gasteiger partial charge in [0.25, 0.3) is 11.8 Å². The summed E-state index contributed by atoms with van der Waals surface area (Å²) >= 11 is 0. The average Bonchev–Trinajstić information content (AvgIpc) is 3.07. The van der Waals surface area contributed by atoms with E-state index in [1.807, 2.05) is 0 Å². The number of rotatable bonds is 2. The number of halogens is 3. The highest BCUT2D eigenvalue weighted by atomic mass is 19.4. The molecular formula is C22H18F3N3O4. The van der Waals surface area contributed by atoms with E-state index in [0.717, 1.165) is 12.5 Å². The second-order valence-electron chi connectivity index (χ2n) is 7.95. The molecule has 4 amide bonds. The zero-order valence-electron chi connectivity index (χ0n) is 17.0. The van der Waals surface area contributed by atoms with Gasteiger partial charge in [-0.25, -0.2) is 9.80 Å². The maximum atomic E-state index is 14.2. The number of nitrogens with zero attached hydrogens (tertiary/aromatic N) is 2. The van der Waals surface area contributed by atoms with Gasteiger partial charge in [0.2, 0.25) is 11.8 Å². The highest BCUT2D eigenvalue weighted by molar-refractivity contribution is 6.39. The number of nitrogens with two attached hydrogens (primary N) is 1. The van der Waals surface area contributed by atoms with Crippen molar-refractivity contribution in [3.8, 4) is 0 Å². The Morgan fingerprint density at radius 3 is 1.72 bits per heavy atom. The number of amides is 4. The number of imide groups is 2. The Labute approximate surface area is 180 Å². The first-order valence-corrected chi connectivity index (χ1v) is 9.68. The molecule has 2 heterocycles. The van der Waals surface area contributed by atoms with Crippen molar-refractivity contribution in [3.05, 3.63) is 54.1 Å². The van der Waals surface area contributed by atoms with Crippen LogP contribution >= 0.6 is 0 Å². The molecule has 2 aromatic carbocycles. The molecule has 0 aromatic heterocycles. The summed E-state index contributed by atoms with van der Waals surface area (Å²) in [5, 5.41) is 0. The molecule has 0 radical (unpaired) electrons. The minimum atomic E-state index is -5.24. The highest BCUT2D eigenvalue weighted by Crippen LogP contribution is 2.57. The van der Waals surface area contributed by atoms with E-state index in [2.05, 4.69) is 0 Å². The molecule has 2 fully saturated rings. The molecule has 166 valence electrons. The molecule has 1 spiro atoms. The lowest BCUT2D eigenvalue weighted by molar-refractivity contribution is -0.203. The van der Waals surface area contributed by atoms with Crippen LogP contribution in [0.3, 0.4) is 0 Å². The smallest absolute Gasteiger partial charge is 0.399 e. The minimum Gasteiger partial charge on any atom is -0.399 e. The predicted molar refractivity (Wildman–Crippen MR) is 108 cm³/mol. The fourth-order valence-corrected chi connectivity index (χ4v) is 4.45. The van der Waals surface area contributed by atoms with Gasteiger partial charge in [0.1, 0.15) is 0 Å². The van der Waals surface area contributed by atoms with Crippen LogP contribution in [0, 0.1) is 24.2 Å². The summed E-state index contributed by atoms with van der Waals surface area (Å²) in [6, 6.07) is 11.0. The molecule has 3 atom stereocenters. The Hall–Kier alpha value is -3.69. The van der Waals surface area contributed by atoms with Gasteiger partial charge in [0.15, 0.2) is 11.3 Å². The second kappa shape index (κ2) is 6.91. The molecule has 2 aromatic rings. The molecule has 0 aliphatic carbocycles. The van der Waals surface area contributed by atoms with Crippen LogP contribution < -0.4 is 15.5 Å². The van der Waals surface area contributed by atoms with Crippen molar-refractivity contribution in [2.75, 3.05) is 15.5 Å². The van der Waals surface area contributed by atoms with E-state index in [9.17, 15) is 32.3 Å². The first kappa shape index (κ1) is 21.5. The van der Waals surface area contributed by atoms with Crippen molar-refractivity contribution >= 4 is 40.7 Å². The predicted octanol–water partition coefficient (Wildman–Crippen LogP) is 2.82. The van der Waals surface area contributed by atoms with E-state index in [0.29, 0.717) is 15.5 Å². The van der Waals surface area contributed by atoms with Gasteiger partial charge in [0.05, 0.1) is 17.3 Å². The Balaban J connectivity index is 1.91. The Morgan fingerprint density at radius 1 is 0.812 bits per heavy atom. The van der Waals surface area contributed by atoms with Crippen LogP contribution in [0.4, 0.5) is 30.2 Å². The van der Waals surface area contributed by atoms with Gasteiger partial charge in [0, 0.05) is 5.69 Å². The number of hydrogen-bond acceptors (Lipinski definition) is 5. The first-order chi connectivity index (χ1) is 14.9. The van der Waals surface area contributed by atoms with Crippen molar-refractivity contribution in [1.29, 1.82) is 0 Å². The van der Waals surface area contributed by atoms with Crippen LogP contribution in [-0.4, -0.2) is 29.8 Å². The third kappa shape index (κ3) is 2.75. The molecule has 2 N–H and O–H groups in total. The van der Waals surface area contributed by atoms with E-state index in [1.165, 1.54) is 48.5 Å². The normalized spacial score (nSPS) is 26.0. The van der Waals surface area contributed by atoms with E-state index in [-0.39, 0.29) is 11.4 Å². The fraction of sp³-hybridized carbons (Fsp3) is 0.273. The highest BCUT2D eigenvalue weighted by Gasteiger charge is 2.79. The minimum absolute atomic E-state index is 0.0344. The molecule has 2 aliphatic rings. The fourth-order valence-electron chi connectivity index (χ4n) is 4.45.